The highest BCUT2D eigenvalue weighted by Crippen LogP contribution is 2.32. The van der Waals surface area contributed by atoms with Crippen LogP contribution < -0.4 is 10.6 Å². The first-order valence-corrected chi connectivity index (χ1v) is 13.1. The van der Waals surface area contributed by atoms with Gasteiger partial charge in [-0.25, -0.2) is 9.59 Å². The Bertz CT molecular complexity index is 811. The lowest BCUT2D eigenvalue weighted by Crippen LogP contribution is -2.86. The molecule has 0 unspecified atom stereocenters. The minimum absolute atomic E-state index is 0.227. The molecule has 2 heterocycles. The van der Waals surface area contributed by atoms with Crippen LogP contribution in [-0.2, 0) is 14.9 Å². The molecule has 0 saturated carbocycles. The van der Waals surface area contributed by atoms with Crippen LogP contribution in [0.5, 0.6) is 0 Å². The van der Waals surface area contributed by atoms with Crippen molar-refractivity contribution in [3.63, 3.8) is 0 Å². The quantitative estimate of drug-likeness (QED) is 0.621. The van der Waals surface area contributed by atoms with E-state index >= 15 is 0 Å². The van der Waals surface area contributed by atoms with Crippen LogP contribution >= 0.6 is 0 Å². The summed E-state index contributed by atoms with van der Waals surface area (Å²) < 4.78 is 12.1. The first-order chi connectivity index (χ1) is 15.8. The lowest BCUT2D eigenvalue weighted by atomic mass is 9.83. The van der Waals surface area contributed by atoms with Crippen LogP contribution in [0.2, 0.25) is 0 Å². The lowest BCUT2D eigenvalue weighted by Gasteiger charge is -2.36. The van der Waals surface area contributed by atoms with E-state index in [9.17, 15) is 9.59 Å². The molecule has 6 nitrogen and oxygen atoms in total. The summed E-state index contributed by atoms with van der Waals surface area (Å²) in [6.45, 7) is 18.5. The van der Waals surface area contributed by atoms with Crippen molar-refractivity contribution in [2.45, 2.75) is 90.8 Å². The Kier molecular flexibility index (Phi) is 8.14. The van der Waals surface area contributed by atoms with E-state index in [0.717, 1.165) is 57.4 Å². The van der Waals surface area contributed by atoms with Gasteiger partial charge in [-0.15, -0.1) is 0 Å². The second-order valence-electron chi connectivity index (χ2n) is 12.3. The molecule has 0 aliphatic carbocycles. The van der Waals surface area contributed by atoms with E-state index in [-0.39, 0.29) is 17.4 Å². The van der Waals surface area contributed by atoms with E-state index in [2.05, 4.69) is 31.4 Å². The molecule has 2 fully saturated rings. The zero-order valence-electron chi connectivity index (χ0n) is 22.3. The molecule has 0 bridgehead atoms. The number of carbonyl (C=O) groups is 2. The zero-order valence-corrected chi connectivity index (χ0v) is 22.3. The van der Waals surface area contributed by atoms with Crippen LogP contribution in [0.25, 0.3) is 0 Å². The Morgan fingerprint density at radius 1 is 0.676 bits per heavy atom. The van der Waals surface area contributed by atoms with Crippen molar-refractivity contribution in [1.29, 1.82) is 0 Å². The van der Waals surface area contributed by atoms with E-state index in [0.29, 0.717) is 23.0 Å². The summed E-state index contributed by atoms with van der Waals surface area (Å²) in [6.07, 6.45) is 4.14. The van der Waals surface area contributed by atoms with Crippen molar-refractivity contribution in [2.75, 3.05) is 26.2 Å². The highest BCUT2D eigenvalue weighted by Gasteiger charge is 2.37. The van der Waals surface area contributed by atoms with Crippen LogP contribution in [0.3, 0.4) is 0 Å². The van der Waals surface area contributed by atoms with E-state index < -0.39 is 11.2 Å². The molecule has 2 aliphatic heterocycles. The number of hydrogen-bond acceptors (Lipinski definition) is 4. The molecule has 0 atom stereocenters. The standard InChI is InChI=1S/C28H44N2O4/c1-26(2,3)23-17-19(24(31)33-27(4,5)21-8-12-29-13-9-21)16-20(18-23)25(32)34-28(6,7)22-10-14-30-15-11-22/h16-18,21-22,29-30H,8-15H2,1-7H3/p+2. The minimum Gasteiger partial charge on any atom is -0.456 e. The van der Waals surface area contributed by atoms with Crippen LogP contribution in [0.4, 0.5) is 0 Å². The number of esters is 2. The number of piperidine rings is 2. The number of rotatable bonds is 6. The van der Waals surface area contributed by atoms with Gasteiger partial charge in [-0.1, -0.05) is 20.8 Å². The maximum atomic E-state index is 13.3. The van der Waals surface area contributed by atoms with Crippen molar-refractivity contribution in [3.05, 3.63) is 34.9 Å². The summed E-state index contributed by atoms with van der Waals surface area (Å²) in [4.78, 5) is 26.6. The molecule has 0 aromatic heterocycles. The van der Waals surface area contributed by atoms with Crippen molar-refractivity contribution >= 4 is 11.9 Å². The first-order valence-electron chi connectivity index (χ1n) is 13.1. The number of carbonyl (C=O) groups excluding carboxylic acids is 2. The van der Waals surface area contributed by atoms with Crippen molar-refractivity contribution in [3.8, 4) is 0 Å². The molecule has 0 radical (unpaired) electrons. The van der Waals surface area contributed by atoms with Gasteiger partial charge in [0.05, 0.1) is 37.3 Å². The van der Waals surface area contributed by atoms with Gasteiger partial charge in [0.2, 0.25) is 0 Å². The Morgan fingerprint density at radius 3 is 1.35 bits per heavy atom. The first kappa shape index (κ1) is 26.7. The lowest BCUT2D eigenvalue weighted by molar-refractivity contribution is -0.666. The van der Waals surface area contributed by atoms with Gasteiger partial charge in [0, 0.05) is 37.5 Å². The van der Waals surface area contributed by atoms with Gasteiger partial charge in [0.15, 0.2) is 0 Å². The van der Waals surface area contributed by atoms with Crippen molar-refractivity contribution in [2.24, 2.45) is 11.8 Å². The number of benzene rings is 1. The molecule has 3 rings (SSSR count). The molecule has 34 heavy (non-hydrogen) atoms. The molecule has 0 amide bonds. The highest BCUT2D eigenvalue weighted by atomic mass is 16.6. The number of quaternary nitrogens is 2. The van der Waals surface area contributed by atoms with Crippen LogP contribution in [-0.4, -0.2) is 49.3 Å². The van der Waals surface area contributed by atoms with Crippen LogP contribution in [0.1, 0.15) is 100 Å². The van der Waals surface area contributed by atoms with Gasteiger partial charge >= 0.3 is 11.9 Å². The highest BCUT2D eigenvalue weighted by molar-refractivity contribution is 5.96. The maximum Gasteiger partial charge on any atom is 0.338 e. The summed E-state index contributed by atoms with van der Waals surface area (Å²) in [6, 6.07) is 5.38. The fourth-order valence-corrected chi connectivity index (χ4v) is 5.30. The Hall–Kier alpha value is -1.92. The van der Waals surface area contributed by atoms with Gasteiger partial charge in [-0.3, -0.25) is 0 Å². The maximum absolute atomic E-state index is 13.3. The average molecular weight is 475 g/mol. The SMILES string of the molecule is CC(C)(C)c1cc(C(=O)OC(C)(C)C2CC[NH2+]CC2)cc(C(=O)OC(C)(C)C2CC[NH2+]CC2)c1. The van der Waals surface area contributed by atoms with Crippen LogP contribution in [0.15, 0.2) is 18.2 Å². The molecular formula is C28H46N2O4+2. The number of hydrogen-bond donors (Lipinski definition) is 2. The molecule has 1 aromatic carbocycles. The largest absolute Gasteiger partial charge is 0.456 e. The van der Waals surface area contributed by atoms with Gasteiger partial charge in [0.1, 0.15) is 11.2 Å². The van der Waals surface area contributed by atoms with Gasteiger partial charge in [-0.05, 0) is 56.9 Å². The number of nitrogens with two attached hydrogens (primary N) is 2. The Morgan fingerprint density at radius 2 is 1.03 bits per heavy atom. The Balaban J connectivity index is 1.84. The molecule has 1 aromatic rings. The monoisotopic (exact) mass is 474 g/mol. The molecule has 2 aliphatic rings. The van der Waals surface area contributed by atoms with E-state index in [1.54, 1.807) is 6.07 Å². The topological polar surface area (TPSA) is 85.8 Å². The van der Waals surface area contributed by atoms with E-state index in [4.69, 9.17) is 9.47 Å². The van der Waals surface area contributed by atoms with Crippen molar-refractivity contribution in [1.82, 2.24) is 0 Å². The predicted molar refractivity (Wildman–Crippen MR) is 133 cm³/mol. The van der Waals surface area contributed by atoms with E-state index in [1.165, 1.54) is 0 Å². The third-order valence-corrected chi connectivity index (χ3v) is 7.83. The third kappa shape index (κ3) is 6.60. The zero-order chi connectivity index (χ0) is 25.1. The second-order valence-corrected chi connectivity index (χ2v) is 12.3. The van der Waals surface area contributed by atoms with Crippen LogP contribution in [0, 0.1) is 11.8 Å². The molecule has 6 heteroatoms. The van der Waals surface area contributed by atoms with Gasteiger partial charge < -0.3 is 20.1 Å². The molecular weight excluding hydrogens is 428 g/mol. The summed E-state index contributed by atoms with van der Waals surface area (Å²) >= 11 is 0. The van der Waals surface area contributed by atoms with Crippen molar-refractivity contribution < 1.29 is 29.7 Å². The van der Waals surface area contributed by atoms with Gasteiger partial charge in [0.25, 0.3) is 0 Å². The molecule has 2 saturated heterocycles. The fraction of sp³-hybridized carbons (Fsp3) is 0.714. The summed E-state index contributed by atoms with van der Waals surface area (Å²) in [7, 11) is 0. The molecule has 4 N–H and O–H groups in total. The average Bonchev–Trinajstić information content (AvgIpc) is 2.79. The number of ether oxygens (including phenoxy) is 2. The minimum atomic E-state index is -0.552. The second kappa shape index (κ2) is 10.4. The summed E-state index contributed by atoms with van der Waals surface area (Å²) in [5, 5.41) is 4.62. The molecule has 190 valence electrons. The Labute approximate surface area is 205 Å². The fourth-order valence-electron chi connectivity index (χ4n) is 5.30. The normalized spacial score (nSPS) is 19.0. The molecule has 0 spiro atoms. The smallest absolute Gasteiger partial charge is 0.338 e. The summed E-state index contributed by atoms with van der Waals surface area (Å²) in [5.74, 6) is -0.0704. The van der Waals surface area contributed by atoms with E-state index in [1.807, 2.05) is 39.8 Å². The summed E-state index contributed by atoms with van der Waals surface area (Å²) in [5.41, 5.74) is 0.422. The third-order valence-electron chi connectivity index (χ3n) is 7.83. The van der Waals surface area contributed by atoms with Gasteiger partial charge in [-0.2, -0.15) is 0 Å². The predicted octanol–water partition coefficient (Wildman–Crippen LogP) is 2.80.